The monoisotopic (exact) mass is 930 g/mol. The fourth-order valence-corrected chi connectivity index (χ4v) is 7.94. The molecular formula is C56H102N2O6P+. The van der Waals surface area contributed by atoms with Gasteiger partial charge in [0.15, 0.2) is 0 Å². The summed E-state index contributed by atoms with van der Waals surface area (Å²) in [5, 5.41) is 13.8. The number of allylic oxidation sites excluding steroid dienone is 13. The van der Waals surface area contributed by atoms with E-state index in [4.69, 9.17) is 9.05 Å². The third-order valence-electron chi connectivity index (χ3n) is 11.3. The van der Waals surface area contributed by atoms with Crippen molar-refractivity contribution in [1.29, 1.82) is 0 Å². The van der Waals surface area contributed by atoms with Gasteiger partial charge >= 0.3 is 7.82 Å². The third kappa shape index (κ3) is 49.4. The molecule has 0 aromatic rings. The number of amides is 1. The lowest BCUT2D eigenvalue weighted by atomic mass is 10.0. The van der Waals surface area contributed by atoms with E-state index in [1.54, 1.807) is 6.08 Å². The summed E-state index contributed by atoms with van der Waals surface area (Å²) in [5.74, 6) is -0.273. The molecular weight excluding hydrogens is 828 g/mol. The molecule has 3 N–H and O–H groups in total. The van der Waals surface area contributed by atoms with Crippen LogP contribution >= 0.6 is 7.82 Å². The molecule has 0 fully saturated rings. The van der Waals surface area contributed by atoms with Crippen molar-refractivity contribution >= 4 is 13.7 Å². The van der Waals surface area contributed by atoms with Crippen molar-refractivity contribution in [2.45, 2.75) is 225 Å². The van der Waals surface area contributed by atoms with Gasteiger partial charge in [-0.2, -0.15) is 0 Å². The van der Waals surface area contributed by atoms with Gasteiger partial charge in [0.1, 0.15) is 13.2 Å². The molecule has 3 unspecified atom stereocenters. The molecule has 0 radical (unpaired) electrons. The summed E-state index contributed by atoms with van der Waals surface area (Å²) in [6, 6.07) is -0.912. The molecule has 0 bridgehead atoms. The largest absolute Gasteiger partial charge is 0.472 e. The highest BCUT2D eigenvalue weighted by molar-refractivity contribution is 7.47. The van der Waals surface area contributed by atoms with Crippen molar-refractivity contribution in [3.63, 3.8) is 0 Å². The summed E-state index contributed by atoms with van der Waals surface area (Å²) in [6.45, 7) is 4.61. The summed E-state index contributed by atoms with van der Waals surface area (Å²) < 4.78 is 23.5. The summed E-state index contributed by atoms with van der Waals surface area (Å²) in [6.07, 6.45) is 65.8. The van der Waals surface area contributed by atoms with Gasteiger partial charge in [0, 0.05) is 6.42 Å². The van der Waals surface area contributed by atoms with Crippen LogP contribution in [0.5, 0.6) is 0 Å². The number of phosphoric ester groups is 1. The molecule has 9 heteroatoms. The summed E-state index contributed by atoms with van der Waals surface area (Å²) >= 11 is 0. The number of aliphatic hydroxyl groups excluding tert-OH is 1. The second kappa shape index (κ2) is 46.8. The third-order valence-corrected chi connectivity index (χ3v) is 12.3. The minimum Gasteiger partial charge on any atom is -0.387 e. The van der Waals surface area contributed by atoms with E-state index in [-0.39, 0.29) is 25.5 Å². The molecule has 0 aliphatic carbocycles. The minimum atomic E-state index is -4.38. The number of hydrogen-bond acceptors (Lipinski definition) is 5. The average Bonchev–Trinajstić information content (AvgIpc) is 3.26. The normalized spacial score (nSPS) is 14.8. The van der Waals surface area contributed by atoms with Crippen molar-refractivity contribution in [2.75, 3.05) is 40.9 Å². The second-order valence-electron chi connectivity index (χ2n) is 18.8. The Morgan fingerprint density at radius 3 is 1.40 bits per heavy atom. The van der Waals surface area contributed by atoms with Gasteiger partial charge in [-0.15, -0.1) is 0 Å². The maximum atomic E-state index is 12.8. The smallest absolute Gasteiger partial charge is 0.387 e. The Balaban J connectivity index is 4.29. The molecule has 0 aromatic heterocycles. The van der Waals surface area contributed by atoms with Gasteiger partial charge in [0.05, 0.1) is 39.9 Å². The highest BCUT2D eigenvalue weighted by Gasteiger charge is 2.27. The molecule has 0 saturated heterocycles. The maximum Gasteiger partial charge on any atom is 0.472 e. The number of nitrogens with one attached hydrogen (secondary N) is 1. The van der Waals surface area contributed by atoms with Gasteiger partial charge < -0.3 is 19.8 Å². The number of carbonyl (C=O) groups excluding carboxylic acids is 1. The first-order chi connectivity index (χ1) is 31.5. The fourth-order valence-electron chi connectivity index (χ4n) is 7.20. The molecule has 0 aliphatic heterocycles. The fraction of sp³-hybridized carbons (Fsp3) is 0.732. The molecule has 0 rings (SSSR count). The molecule has 0 aliphatic rings. The molecule has 0 saturated carbocycles. The standard InChI is InChI=1S/C56H101N2O6P/c1-6-8-10-12-14-16-18-20-21-22-23-24-25-26-27-28-29-30-31-32-33-34-35-36-38-39-41-43-45-47-49-55(59)54(53-64-65(61,62)63-52-51-58(3,4)5)57-56(60)50-48-46-44-42-40-37-19-17-15-13-11-9-7-2/h9,11,15,17,34-35,37,39-41,44,46-47,49,54-55,59H,6-8,10,12-14,16,18-33,36,38,42-43,45,48,50-53H2,1-5H3,(H-,57,60,61,62)/p+1/b11-9-,17-15-,35-34+,40-37-,41-39+,46-44-,49-47+. The van der Waals surface area contributed by atoms with Crippen molar-refractivity contribution in [3.05, 3.63) is 85.1 Å². The van der Waals surface area contributed by atoms with E-state index in [0.29, 0.717) is 17.4 Å². The Hall–Kier alpha value is -2.32. The number of likely N-dealkylation sites (N-methyl/N-ethyl adjacent to an activating group) is 1. The number of phosphoric acid groups is 1. The molecule has 8 nitrogen and oxygen atoms in total. The zero-order chi connectivity index (χ0) is 47.8. The van der Waals surface area contributed by atoms with Crippen LogP contribution in [0.3, 0.4) is 0 Å². The number of rotatable bonds is 47. The summed E-state index contributed by atoms with van der Waals surface area (Å²) in [7, 11) is 1.49. The predicted octanol–water partition coefficient (Wildman–Crippen LogP) is 15.7. The van der Waals surface area contributed by atoms with Crippen LogP contribution in [0, 0.1) is 0 Å². The van der Waals surface area contributed by atoms with Gasteiger partial charge in [0.25, 0.3) is 0 Å². The lowest BCUT2D eigenvalue weighted by Gasteiger charge is -2.25. The SMILES string of the molecule is CC/C=C\C/C=C\C/C=C\C/C=C\CCC(=O)NC(COP(=O)(O)OCC[N+](C)(C)C)C(O)/C=C/CC/C=C/CC/C=C/CCCCCCCCCCCCCCCCCCCCCC. The molecule has 376 valence electrons. The Morgan fingerprint density at radius 1 is 0.538 bits per heavy atom. The number of hydrogen-bond donors (Lipinski definition) is 3. The van der Waals surface area contributed by atoms with Crippen molar-refractivity contribution < 1.29 is 32.9 Å². The number of nitrogens with zero attached hydrogens (tertiary/aromatic N) is 1. The number of quaternary nitrogens is 1. The lowest BCUT2D eigenvalue weighted by molar-refractivity contribution is -0.870. The van der Waals surface area contributed by atoms with Gasteiger partial charge in [-0.1, -0.05) is 221 Å². The molecule has 0 heterocycles. The first-order valence-corrected chi connectivity index (χ1v) is 28.0. The van der Waals surface area contributed by atoms with Crippen LogP contribution in [-0.2, 0) is 18.4 Å². The van der Waals surface area contributed by atoms with Crippen LogP contribution in [0.2, 0.25) is 0 Å². The molecule has 0 spiro atoms. The molecule has 1 amide bonds. The molecule has 0 aromatic carbocycles. The molecule has 65 heavy (non-hydrogen) atoms. The van der Waals surface area contributed by atoms with Crippen LogP contribution in [0.1, 0.15) is 213 Å². The van der Waals surface area contributed by atoms with Crippen molar-refractivity contribution in [1.82, 2.24) is 5.32 Å². The van der Waals surface area contributed by atoms with Gasteiger partial charge in [-0.3, -0.25) is 13.8 Å². The second-order valence-corrected chi connectivity index (χ2v) is 20.3. The maximum absolute atomic E-state index is 12.8. The van der Waals surface area contributed by atoms with Gasteiger partial charge in [-0.25, -0.2) is 4.57 Å². The Kier molecular flexibility index (Phi) is 45.1. The first kappa shape index (κ1) is 62.7. The Bertz CT molecular complexity index is 1330. The van der Waals surface area contributed by atoms with Gasteiger partial charge in [-0.05, 0) is 70.6 Å². The van der Waals surface area contributed by atoms with E-state index in [1.807, 2.05) is 39.4 Å². The first-order valence-electron chi connectivity index (χ1n) is 26.5. The van der Waals surface area contributed by atoms with E-state index in [2.05, 4.69) is 79.9 Å². The van der Waals surface area contributed by atoms with Crippen LogP contribution in [0.25, 0.3) is 0 Å². The van der Waals surface area contributed by atoms with Crippen LogP contribution < -0.4 is 5.32 Å². The number of unbranched alkanes of at least 4 members (excludes halogenated alkanes) is 22. The molecule has 3 atom stereocenters. The van der Waals surface area contributed by atoms with Crippen LogP contribution in [0.4, 0.5) is 0 Å². The van der Waals surface area contributed by atoms with Crippen molar-refractivity contribution in [2.24, 2.45) is 0 Å². The van der Waals surface area contributed by atoms with Crippen LogP contribution in [0.15, 0.2) is 85.1 Å². The van der Waals surface area contributed by atoms with E-state index < -0.39 is 20.0 Å². The van der Waals surface area contributed by atoms with E-state index in [1.165, 1.54) is 135 Å². The zero-order valence-electron chi connectivity index (χ0n) is 42.7. The number of carbonyl (C=O) groups is 1. The predicted molar refractivity (Wildman–Crippen MR) is 281 cm³/mol. The highest BCUT2D eigenvalue weighted by Crippen LogP contribution is 2.43. The van der Waals surface area contributed by atoms with Crippen LogP contribution in [-0.4, -0.2) is 73.4 Å². The van der Waals surface area contributed by atoms with Crippen molar-refractivity contribution in [3.8, 4) is 0 Å². The zero-order valence-corrected chi connectivity index (χ0v) is 43.6. The topological polar surface area (TPSA) is 105 Å². The quantitative estimate of drug-likeness (QED) is 0.0243. The van der Waals surface area contributed by atoms with E-state index >= 15 is 0 Å². The minimum absolute atomic E-state index is 0.0368. The van der Waals surface area contributed by atoms with E-state index in [0.717, 1.165) is 51.4 Å². The highest BCUT2D eigenvalue weighted by atomic mass is 31.2. The lowest BCUT2D eigenvalue weighted by Crippen LogP contribution is -2.45. The van der Waals surface area contributed by atoms with E-state index in [9.17, 15) is 19.4 Å². The summed E-state index contributed by atoms with van der Waals surface area (Å²) in [4.78, 5) is 23.1. The Labute approximate surface area is 401 Å². The van der Waals surface area contributed by atoms with Gasteiger partial charge in [0.2, 0.25) is 5.91 Å². The Morgan fingerprint density at radius 2 is 0.938 bits per heavy atom. The number of aliphatic hydroxyl groups is 1. The average molecular weight is 930 g/mol. The summed E-state index contributed by atoms with van der Waals surface area (Å²) in [5.41, 5.74) is 0.